The number of rotatable bonds is 8. The molecule has 0 aliphatic carbocycles. The summed E-state index contributed by atoms with van der Waals surface area (Å²) in [6, 6.07) is 14.3. The second-order valence-electron chi connectivity index (χ2n) is 6.65. The highest BCUT2D eigenvalue weighted by Gasteiger charge is 2.21. The van der Waals surface area contributed by atoms with Gasteiger partial charge in [-0.2, -0.15) is 0 Å². The lowest BCUT2D eigenvalue weighted by Gasteiger charge is -2.18. The van der Waals surface area contributed by atoms with Crippen molar-refractivity contribution < 1.29 is 19.1 Å². The van der Waals surface area contributed by atoms with Crippen molar-refractivity contribution in [2.75, 3.05) is 13.2 Å². The van der Waals surface area contributed by atoms with Gasteiger partial charge in [0.15, 0.2) is 6.61 Å². The van der Waals surface area contributed by atoms with E-state index in [2.05, 4.69) is 5.32 Å². The Morgan fingerprint density at radius 1 is 1.07 bits per heavy atom. The Balaban J connectivity index is 1.58. The lowest BCUT2D eigenvalue weighted by atomic mass is 10.1. The van der Waals surface area contributed by atoms with E-state index in [4.69, 9.17) is 10.5 Å². The third-order valence-electron chi connectivity index (χ3n) is 4.59. The summed E-state index contributed by atoms with van der Waals surface area (Å²) in [5, 5.41) is 2.90. The molecule has 0 spiro atoms. The zero-order chi connectivity index (χ0) is 19.9. The van der Waals surface area contributed by atoms with Crippen molar-refractivity contribution in [3.8, 4) is 5.75 Å². The van der Waals surface area contributed by atoms with Crippen LogP contribution in [0.5, 0.6) is 5.75 Å². The standard InChI is InChI=1S/C21H23N3O4/c22-19(25)14-28-18-9-7-15(8-10-18)21(27)23-12-16-4-1-2-5-17(16)13-24-11-3-6-20(24)26/h1-2,4-5,7-10H,3,6,11-14H2,(H2,22,25)(H,23,27). The number of hydrogen-bond donors (Lipinski definition) is 2. The molecule has 1 aliphatic heterocycles. The van der Waals surface area contributed by atoms with Crippen LogP contribution in [0, 0.1) is 0 Å². The molecule has 0 unspecified atom stereocenters. The maximum Gasteiger partial charge on any atom is 0.255 e. The van der Waals surface area contributed by atoms with Crippen LogP contribution in [-0.2, 0) is 22.7 Å². The third kappa shape index (κ3) is 5.09. The number of nitrogens with two attached hydrogens (primary N) is 1. The van der Waals surface area contributed by atoms with E-state index in [0.717, 1.165) is 24.1 Å². The van der Waals surface area contributed by atoms with Gasteiger partial charge in [0.25, 0.3) is 11.8 Å². The smallest absolute Gasteiger partial charge is 0.255 e. The third-order valence-corrected chi connectivity index (χ3v) is 4.59. The normalized spacial score (nSPS) is 13.4. The Morgan fingerprint density at radius 3 is 2.43 bits per heavy atom. The summed E-state index contributed by atoms with van der Waals surface area (Å²) in [7, 11) is 0. The van der Waals surface area contributed by atoms with Crippen LogP contribution in [0.25, 0.3) is 0 Å². The van der Waals surface area contributed by atoms with Crippen LogP contribution < -0.4 is 15.8 Å². The highest BCUT2D eigenvalue weighted by Crippen LogP contribution is 2.17. The van der Waals surface area contributed by atoms with Gasteiger partial charge in [0.05, 0.1) is 0 Å². The van der Waals surface area contributed by atoms with E-state index in [0.29, 0.717) is 30.8 Å². The number of hydrogen-bond acceptors (Lipinski definition) is 4. The van der Waals surface area contributed by atoms with Gasteiger partial charge in [-0.15, -0.1) is 0 Å². The number of nitrogens with one attached hydrogen (secondary N) is 1. The average molecular weight is 381 g/mol. The molecule has 7 nitrogen and oxygen atoms in total. The molecule has 2 aromatic carbocycles. The van der Waals surface area contributed by atoms with Crippen molar-refractivity contribution >= 4 is 17.7 Å². The number of nitrogens with zero attached hydrogens (tertiary/aromatic N) is 1. The average Bonchev–Trinajstić information content (AvgIpc) is 3.10. The lowest BCUT2D eigenvalue weighted by Crippen LogP contribution is -2.26. The quantitative estimate of drug-likeness (QED) is 0.725. The fraction of sp³-hybridized carbons (Fsp3) is 0.286. The second-order valence-corrected chi connectivity index (χ2v) is 6.65. The molecule has 7 heteroatoms. The Morgan fingerprint density at radius 2 is 1.79 bits per heavy atom. The second kappa shape index (κ2) is 9.03. The molecule has 0 atom stereocenters. The molecule has 2 aromatic rings. The molecule has 0 aromatic heterocycles. The number of amides is 3. The summed E-state index contributed by atoms with van der Waals surface area (Å²) >= 11 is 0. The molecule has 0 bridgehead atoms. The number of ether oxygens (including phenoxy) is 1. The van der Waals surface area contributed by atoms with E-state index in [1.165, 1.54) is 0 Å². The minimum atomic E-state index is -0.559. The molecule has 1 saturated heterocycles. The number of likely N-dealkylation sites (tertiary alicyclic amines) is 1. The van der Waals surface area contributed by atoms with Crippen LogP contribution in [0.2, 0.25) is 0 Å². The molecule has 1 fully saturated rings. The fourth-order valence-corrected chi connectivity index (χ4v) is 3.10. The Bertz CT molecular complexity index is 864. The first kappa shape index (κ1) is 19.4. The first-order valence-electron chi connectivity index (χ1n) is 9.17. The summed E-state index contributed by atoms with van der Waals surface area (Å²) in [6.45, 7) is 1.51. The number of carbonyl (C=O) groups is 3. The SMILES string of the molecule is NC(=O)COc1ccc(C(=O)NCc2ccccc2CN2CCCC2=O)cc1. The van der Waals surface area contributed by atoms with Crippen LogP contribution in [0.15, 0.2) is 48.5 Å². The largest absolute Gasteiger partial charge is 0.484 e. The van der Waals surface area contributed by atoms with Crippen molar-refractivity contribution in [2.45, 2.75) is 25.9 Å². The number of primary amides is 1. The van der Waals surface area contributed by atoms with Crippen molar-refractivity contribution in [3.63, 3.8) is 0 Å². The van der Waals surface area contributed by atoms with Crippen LogP contribution >= 0.6 is 0 Å². The van der Waals surface area contributed by atoms with Crippen LogP contribution in [0.1, 0.15) is 34.3 Å². The van der Waals surface area contributed by atoms with Gasteiger partial charge in [-0.1, -0.05) is 24.3 Å². The van der Waals surface area contributed by atoms with E-state index in [1.54, 1.807) is 24.3 Å². The predicted octanol–water partition coefficient (Wildman–Crippen LogP) is 1.60. The van der Waals surface area contributed by atoms with Gasteiger partial charge in [0, 0.05) is 31.6 Å². The monoisotopic (exact) mass is 381 g/mol. The highest BCUT2D eigenvalue weighted by molar-refractivity contribution is 5.94. The zero-order valence-corrected chi connectivity index (χ0v) is 15.5. The maximum absolute atomic E-state index is 12.4. The van der Waals surface area contributed by atoms with Gasteiger partial charge in [0.2, 0.25) is 5.91 Å². The van der Waals surface area contributed by atoms with Gasteiger partial charge >= 0.3 is 0 Å². The van der Waals surface area contributed by atoms with E-state index >= 15 is 0 Å². The number of carbonyl (C=O) groups excluding carboxylic acids is 3. The minimum Gasteiger partial charge on any atom is -0.484 e. The fourth-order valence-electron chi connectivity index (χ4n) is 3.10. The van der Waals surface area contributed by atoms with Gasteiger partial charge in [-0.25, -0.2) is 0 Å². The molecule has 3 N–H and O–H groups in total. The van der Waals surface area contributed by atoms with E-state index in [-0.39, 0.29) is 18.4 Å². The molecule has 0 radical (unpaired) electrons. The van der Waals surface area contributed by atoms with Gasteiger partial charge < -0.3 is 20.7 Å². The summed E-state index contributed by atoms with van der Waals surface area (Å²) < 4.78 is 5.18. The van der Waals surface area contributed by atoms with E-state index < -0.39 is 5.91 Å². The van der Waals surface area contributed by atoms with E-state index in [9.17, 15) is 14.4 Å². The molecule has 1 heterocycles. The van der Waals surface area contributed by atoms with Crippen molar-refractivity contribution in [1.29, 1.82) is 0 Å². The molecular weight excluding hydrogens is 358 g/mol. The Hall–Kier alpha value is -3.35. The lowest BCUT2D eigenvalue weighted by molar-refractivity contribution is -0.128. The van der Waals surface area contributed by atoms with Crippen molar-refractivity contribution in [1.82, 2.24) is 10.2 Å². The summed E-state index contributed by atoms with van der Waals surface area (Å²) in [5.74, 6) is -0.127. The van der Waals surface area contributed by atoms with Crippen molar-refractivity contribution in [2.24, 2.45) is 5.73 Å². The highest BCUT2D eigenvalue weighted by atomic mass is 16.5. The summed E-state index contributed by atoms with van der Waals surface area (Å²) in [4.78, 5) is 36.9. The molecule has 3 amide bonds. The molecule has 1 aliphatic rings. The van der Waals surface area contributed by atoms with Crippen molar-refractivity contribution in [3.05, 3.63) is 65.2 Å². The van der Waals surface area contributed by atoms with Crippen LogP contribution in [0.4, 0.5) is 0 Å². The summed E-state index contributed by atoms with van der Waals surface area (Å²) in [5.41, 5.74) is 7.54. The number of benzene rings is 2. The van der Waals surface area contributed by atoms with Crippen LogP contribution in [0.3, 0.4) is 0 Å². The topological polar surface area (TPSA) is 102 Å². The Labute approximate surface area is 163 Å². The minimum absolute atomic E-state index is 0.178. The Kier molecular flexibility index (Phi) is 6.26. The van der Waals surface area contributed by atoms with Gasteiger partial charge in [0.1, 0.15) is 5.75 Å². The zero-order valence-electron chi connectivity index (χ0n) is 15.5. The van der Waals surface area contributed by atoms with Gasteiger partial charge in [-0.05, 0) is 41.8 Å². The maximum atomic E-state index is 12.4. The molecule has 146 valence electrons. The first-order valence-corrected chi connectivity index (χ1v) is 9.17. The molecule has 28 heavy (non-hydrogen) atoms. The summed E-state index contributed by atoms with van der Waals surface area (Å²) in [6.07, 6.45) is 1.51. The predicted molar refractivity (Wildman–Crippen MR) is 103 cm³/mol. The van der Waals surface area contributed by atoms with Crippen LogP contribution in [-0.4, -0.2) is 35.8 Å². The van der Waals surface area contributed by atoms with E-state index in [1.807, 2.05) is 29.2 Å². The molecular formula is C21H23N3O4. The first-order chi connectivity index (χ1) is 13.5. The molecule has 0 saturated carbocycles. The molecule has 3 rings (SSSR count). The van der Waals surface area contributed by atoms with Gasteiger partial charge in [-0.3, -0.25) is 14.4 Å².